The molecule has 16 heavy (non-hydrogen) atoms. The molecule has 0 saturated carbocycles. The minimum absolute atomic E-state index is 0.0348. The summed E-state index contributed by atoms with van der Waals surface area (Å²) in [5, 5.41) is 3.31. The summed E-state index contributed by atoms with van der Waals surface area (Å²) >= 11 is 0. The molecule has 0 bridgehead atoms. The molecule has 3 heteroatoms. The van der Waals surface area contributed by atoms with Gasteiger partial charge in [0.2, 0.25) is 6.08 Å². The smallest absolute Gasteiger partial charge is 0.235 e. The second kappa shape index (κ2) is 5.06. The first-order valence-electron chi connectivity index (χ1n) is 5.65. The highest BCUT2D eigenvalue weighted by molar-refractivity contribution is 5.36. The standard InChI is InChI=1S/C13H16N2O/c1-10-3-2-4-11(7-10)13(15-9-16)12-5-6-14-8-12/h2-4,7,12-14H,5-6,8H2,1H3. The van der Waals surface area contributed by atoms with Crippen molar-refractivity contribution >= 4 is 6.08 Å². The van der Waals surface area contributed by atoms with Gasteiger partial charge in [-0.05, 0) is 31.4 Å². The largest absolute Gasteiger partial charge is 0.316 e. The molecule has 84 valence electrons. The summed E-state index contributed by atoms with van der Waals surface area (Å²) in [6.07, 6.45) is 2.78. The van der Waals surface area contributed by atoms with Crippen LogP contribution in [0.3, 0.4) is 0 Å². The second-order valence-corrected chi connectivity index (χ2v) is 4.33. The fourth-order valence-corrected chi connectivity index (χ4v) is 2.31. The molecule has 0 amide bonds. The van der Waals surface area contributed by atoms with Gasteiger partial charge in [0.05, 0.1) is 6.04 Å². The average Bonchev–Trinajstić information content (AvgIpc) is 2.79. The fourth-order valence-electron chi connectivity index (χ4n) is 2.31. The van der Waals surface area contributed by atoms with Gasteiger partial charge < -0.3 is 5.32 Å². The first-order valence-corrected chi connectivity index (χ1v) is 5.65. The van der Waals surface area contributed by atoms with Gasteiger partial charge in [0.25, 0.3) is 0 Å². The Morgan fingerprint density at radius 3 is 3.06 bits per heavy atom. The van der Waals surface area contributed by atoms with E-state index in [0.29, 0.717) is 5.92 Å². The van der Waals surface area contributed by atoms with E-state index in [1.807, 2.05) is 12.1 Å². The minimum Gasteiger partial charge on any atom is -0.316 e. The third kappa shape index (κ3) is 2.38. The molecule has 2 unspecified atom stereocenters. The monoisotopic (exact) mass is 216 g/mol. The zero-order chi connectivity index (χ0) is 11.4. The van der Waals surface area contributed by atoms with Gasteiger partial charge in [0.1, 0.15) is 0 Å². The summed E-state index contributed by atoms with van der Waals surface area (Å²) < 4.78 is 0. The third-order valence-electron chi connectivity index (χ3n) is 3.12. The van der Waals surface area contributed by atoms with Gasteiger partial charge >= 0.3 is 0 Å². The van der Waals surface area contributed by atoms with Crippen LogP contribution in [0.4, 0.5) is 0 Å². The van der Waals surface area contributed by atoms with Crippen LogP contribution in [0.25, 0.3) is 0 Å². The van der Waals surface area contributed by atoms with Crippen molar-refractivity contribution in [3.63, 3.8) is 0 Å². The van der Waals surface area contributed by atoms with Crippen LogP contribution >= 0.6 is 0 Å². The summed E-state index contributed by atoms with van der Waals surface area (Å²) in [4.78, 5) is 14.5. The molecule has 1 N–H and O–H groups in total. The lowest BCUT2D eigenvalue weighted by atomic mass is 9.92. The third-order valence-corrected chi connectivity index (χ3v) is 3.12. The van der Waals surface area contributed by atoms with Crippen LogP contribution in [0.5, 0.6) is 0 Å². The molecule has 2 atom stereocenters. The minimum atomic E-state index is -0.0348. The normalized spacial score (nSPS) is 21.4. The lowest BCUT2D eigenvalue weighted by Crippen LogP contribution is -2.15. The lowest BCUT2D eigenvalue weighted by molar-refractivity contribution is 0.465. The SMILES string of the molecule is Cc1cccc(C(N=C=O)C2CCNC2)c1. The van der Waals surface area contributed by atoms with Gasteiger partial charge in [0, 0.05) is 6.54 Å². The first-order chi connectivity index (χ1) is 7.81. The number of nitrogens with one attached hydrogen (secondary N) is 1. The molecule has 3 nitrogen and oxygen atoms in total. The molecule has 1 aromatic rings. The van der Waals surface area contributed by atoms with Crippen molar-refractivity contribution in [2.24, 2.45) is 10.9 Å². The Bertz CT molecular complexity index is 404. The molecule has 0 aromatic heterocycles. The number of nitrogens with zero attached hydrogens (tertiary/aromatic N) is 1. The van der Waals surface area contributed by atoms with Gasteiger partial charge in [-0.25, -0.2) is 4.79 Å². The van der Waals surface area contributed by atoms with E-state index < -0.39 is 0 Å². The number of aryl methyl sites for hydroxylation is 1. The van der Waals surface area contributed by atoms with E-state index in [1.54, 1.807) is 6.08 Å². The highest BCUT2D eigenvalue weighted by Gasteiger charge is 2.25. The van der Waals surface area contributed by atoms with E-state index in [4.69, 9.17) is 0 Å². The van der Waals surface area contributed by atoms with Crippen molar-refractivity contribution in [3.8, 4) is 0 Å². The quantitative estimate of drug-likeness (QED) is 0.620. The van der Waals surface area contributed by atoms with E-state index in [0.717, 1.165) is 25.1 Å². The zero-order valence-corrected chi connectivity index (χ0v) is 9.44. The second-order valence-electron chi connectivity index (χ2n) is 4.33. The van der Waals surface area contributed by atoms with E-state index in [2.05, 4.69) is 29.4 Å². The van der Waals surface area contributed by atoms with Crippen molar-refractivity contribution < 1.29 is 4.79 Å². The van der Waals surface area contributed by atoms with Crippen molar-refractivity contribution in [2.75, 3.05) is 13.1 Å². The number of hydrogen-bond acceptors (Lipinski definition) is 3. The van der Waals surface area contributed by atoms with Crippen LogP contribution in [0.2, 0.25) is 0 Å². The molecule has 1 saturated heterocycles. The Balaban J connectivity index is 2.27. The maximum Gasteiger partial charge on any atom is 0.235 e. The Morgan fingerprint density at radius 2 is 2.44 bits per heavy atom. The molecular weight excluding hydrogens is 200 g/mol. The molecule has 1 heterocycles. The van der Waals surface area contributed by atoms with Crippen LogP contribution in [0, 0.1) is 12.8 Å². The number of carbonyl (C=O) groups excluding carboxylic acids is 1. The van der Waals surface area contributed by atoms with E-state index >= 15 is 0 Å². The van der Waals surface area contributed by atoms with E-state index in [-0.39, 0.29) is 6.04 Å². The topological polar surface area (TPSA) is 41.5 Å². The van der Waals surface area contributed by atoms with Crippen LogP contribution in [-0.2, 0) is 4.79 Å². The number of isocyanates is 1. The molecule has 1 fully saturated rings. The van der Waals surface area contributed by atoms with E-state index in [9.17, 15) is 4.79 Å². The highest BCUT2D eigenvalue weighted by atomic mass is 16.1. The molecular formula is C13H16N2O. The molecule has 1 aliphatic heterocycles. The molecule has 0 radical (unpaired) electrons. The van der Waals surface area contributed by atoms with Crippen molar-refractivity contribution in [2.45, 2.75) is 19.4 Å². The van der Waals surface area contributed by atoms with Crippen LogP contribution < -0.4 is 5.32 Å². The Morgan fingerprint density at radius 1 is 1.56 bits per heavy atom. The maximum atomic E-state index is 10.5. The summed E-state index contributed by atoms with van der Waals surface area (Å²) in [5.74, 6) is 0.420. The van der Waals surface area contributed by atoms with Crippen molar-refractivity contribution in [1.82, 2.24) is 5.32 Å². The lowest BCUT2D eigenvalue weighted by Gasteiger charge is -2.17. The first kappa shape index (κ1) is 11.1. The molecule has 0 spiro atoms. The zero-order valence-electron chi connectivity index (χ0n) is 9.44. The molecule has 1 aromatic carbocycles. The Labute approximate surface area is 95.6 Å². The summed E-state index contributed by atoms with van der Waals surface area (Å²) in [6.45, 7) is 4.00. The summed E-state index contributed by atoms with van der Waals surface area (Å²) in [7, 11) is 0. The van der Waals surface area contributed by atoms with E-state index in [1.165, 1.54) is 5.56 Å². The summed E-state index contributed by atoms with van der Waals surface area (Å²) in [6, 6.07) is 8.17. The Hall–Kier alpha value is -1.44. The van der Waals surface area contributed by atoms with Crippen LogP contribution in [0.1, 0.15) is 23.6 Å². The molecule has 1 aliphatic rings. The number of benzene rings is 1. The number of rotatable bonds is 3. The fraction of sp³-hybridized carbons (Fsp3) is 0.462. The highest BCUT2D eigenvalue weighted by Crippen LogP contribution is 2.30. The van der Waals surface area contributed by atoms with Gasteiger partial charge in [-0.15, -0.1) is 0 Å². The molecule has 2 rings (SSSR count). The Kier molecular flexibility index (Phi) is 3.50. The van der Waals surface area contributed by atoms with Crippen LogP contribution in [-0.4, -0.2) is 19.2 Å². The van der Waals surface area contributed by atoms with Gasteiger partial charge in [-0.2, -0.15) is 4.99 Å². The predicted molar refractivity (Wildman–Crippen MR) is 63.0 cm³/mol. The van der Waals surface area contributed by atoms with Gasteiger partial charge in [0.15, 0.2) is 0 Å². The molecule has 0 aliphatic carbocycles. The van der Waals surface area contributed by atoms with Crippen molar-refractivity contribution in [1.29, 1.82) is 0 Å². The number of hydrogen-bond donors (Lipinski definition) is 1. The number of aliphatic imine (C=N–C) groups is 1. The van der Waals surface area contributed by atoms with Gasteiger partial charge in [-0.1, -0.05) is 29.8 Å². The predicted octanol–water partition coefficient (Wildman–Crippen LogP) is 1.98. The van der Waals surface area contributed by atoms with Crippen LogP contribution in [0.15, 0.2) is 29.3 Å². The average molecular weight is 216 g/mol. The summed E-state index contributed by atoms with van der Waals surface area (Å²) in [5.41, 5.74) is 2.33. The maximum absolute atomic E-state index is 10.5. The van der Waals surface area contributed by atoms with Crippen molar-refractivity contribution in [3.05, 3.63) is 35.4 Å². The van der Waals surface area contributed by atoms with Gasteiger partial charge in [-0.3, -0.25) is 0 Å².